The number of benzene rings is 3. The van der Waals surface area contributed by atoms with Crippen molar-refractivity contribution in [3.05, 3.63) is 89.5 Å². The fraction of sp³-hybridized carbons (Fsp3) is 0.269. The Morgan fingerprint density at radius 3 is 1.82 bits per heavy atom. The summed E-state index contributed by atoms with van der Waals surface area (Å²) in [7, 11) is 4.77. The molecule has 1 aliphatic rings. The largest absolute Gasteiger partial charge is 0.497 e. The Kier molecular flexibility index (Phi) is 6.42. The van der Waals surface area contributed by atoms with Gasteiger partial charge in [-0.15, -0.1) is 0 Å². The van der Waals surface area contributed by atoms with Gasteiger partial charge in [-0.1, -0.05) is 36.4 Å². The second-order valence-electron chi connectivity index (χ2n) is 7.74. The lowest BCUT2D eigenvalue weighted by Crippen LogP contribution is -2.46. The predicted molar refractivity (Wildman–Crippen MR) is 123 cm³/mol. The molecule has 2 atom stereocenters. The first-order valence-electron chi connectivity index (χ1n) is 10.6. The zero-order valence-corrected chi connectivity index (χ0v) is 18.9. The van der Waals surface area contributed by atoms with Crippen LogP contribution in [-0.4, -0.2) is 44.0 Å². The Hall–Kier alpha value is -3.71. The van der Waals surface area contributed by atoms with Gasteiger partial charge in [-0.3, -0.25) is 4.90 Å². The van der Waals surface area contributed by atoms with Crippen LogP contribution in [0.15, 0.2) is 72.8 Å². The first-order valence-corrected chi connectivity index (χ1v) is 10.6. The third-order valence-electron chi connectivity index (χ3n) is 5.93. The minimum Gasteiger partial charge on any atom is -0.497 e. The number of ether oxygens (including phenoxy) is 4. The van der Waals surface area contributed by atoms with Crippen LogP contribution in [0.25, 0.3) is 0 Å². The van der Waals surface area contributed by atoms with Gasteiger partial charge in [-0.2, -0.15) is 0 Å². The van der Waals surface area contributed by atoms with Crippen LogP contribution in [0.5, 0.6) is 17.2 Å². The molecule has 7 heteroatoms. The number of carbonyl (C=O) groups excluding carboxylic acids is 1. The molecule has 1 saturated heterocycles. The molecule has 4 rings (SSSR count). The van der Waals surface area contributed by atoms with E-state index < -0.39 is 17.9 Å². The molecular formula is C26H27NO6. The number of cyclic esters (lactones) is 1. The zero-order chi connectivity index (χ0) is 23.4. The van der Waals surface area contributed by atoms with Gasteiger partial charge in [0, 0.05) is 12.1 Å². The van der Waals surface area contributed by atoms with Crippen LogP contribution in [0.2, 0.25) is 0 Å². The molecule has 0 aliphatic carbocycles. The summed E-state index contributed by atoms with van der Waals surface area (Å²) < 4.78 is 21.4. The van der Waals surface area contributed by atoms with Gasteiger partial charge in [0.25, 0.3) is 0 Å². The highest BCUT2D eigenvalue weighted by atomic mass is 16.6. The van der Waals surface area contributed by atoms with Crippen molar-refractivity contribution < 1.29 is 28.8 Å². The number of aliphatic hydroxyl groups is 1. The minimum absolute atomic E-state index is 0.264. The summed E-state index contributed by atoms with van der Waals surface area (Å²) in [4.78, 5) is 14.4. The lowest BCUT2D eigenvalue weighted by Gasteiger charge is -2.35. The average molecular weight is 450 g/mol. The summed E-state index contributed by atoms with van der Waals surface area (Å²) >= 11 is 0. The normalized spacial score (nSPS) is 19.8. The molecule has 0 radical (unpaired) electrons. The average Bonchev–Trinajstić information content (AvgIpc) is 3.13. The number of methoxy groups -OCH3 is 3. The first kappa shape index (κ1) is 22.5. The molecule has 1 N–H and O–H groups in total. The molecule has 0 unspecified atom stereocenters. The maximum Gasteiger partial charge on any atom is 0.413 e. The van der Waals surface area contributed by atoms with E-state index in [9.17, 15) is 9.90 Å². The highest BCUT2D eigenvalue weighted by Crippen LogP contribution is 2.47. The summed E-state index contributed by atoms with van der Waals surface area (Å²) in [6.07, 6.45) is -0.963. The van der Waals surface area contributed by atoms with Gasteiger partial charge in [0.1, 0.15) is 17.2 Å². The van der Waals surface area contributed by atoms with Gasteiger partial charge in [-0.05, 0) is 53.9 Å². The fourth-order valence-electron chi connectivity index (χ4n) is 4.04. The van der Waals surface area contributed by atoms with Crippen LogP contribution in [0.4, 0.5) is 4.79 Å². The monoisotopic (exact) mass is 449 g/mol. The molecule has 1 aliphatic heterocycles. The van der Waals surface area contributed by atoms with Crippen molar-refractivity contribution in [3.63, 3.8) is 0 Å². The molecule has 0 spiro atoms. The second kappa shape index (κ2) is 9.42. The first-order chi connectivity index (χ1) is 16.0. The SMILES string of the molecule is COc1ccc(CCN2C(=O)O[C@H](c3ccc(OC)cc3)[C@@]2(O)c2ccc(OC)cc2)cc1. The number of rotatable bonds is 8. The van der Waals surface area contributed by atoms with E-state index in [2.05, 4.69) is 0 Å². The van der Waals surface area contributed by atoms with Crippen LogP contribution in [0, 0.1) is 0 Å². The molecule has 0 bridgehead atoms. The number of amides is 1. The summed E-state index contributed by atoms with van der Waals surface area (Å²) in [5.41, 5.74) is 0.498. The van der Waals surface area contributed by atoms with Crippen LogP contribution in [0.1, 0.15) is 22.8 Å². The summed E-state index contributed by atoms with van der Waals surface area (Å²) in [5.74, 6) is 2.08. The van der Waals surface area contributed by atoms with E-state index in [1.54, 1.807) is 69.9 Å². The van der Waals surface area contributed by atoms with Gasteiger partial charge in [0.2, 0.25) is 5.72 Å². The predicted octanol–water partition coefficient (Wildman–Crippen LogP) is 4.29. The van der Waals surface area contributed by atoms with Crippen molar-refractivity contribution in [2.45, 2.75) is 18.2 Å². The van der Waals surface area contributed by atoms with Crippen LogP contribution >= 0.6 is 0 Å². The van der Waals surface area contributed by atoms with Gasteiger partial charge in [-0.25, -0.2) is 4.79 Å². The minimum atomic E-state index is -1.70. The fourth-order valence-corrected chi connectivity index (χ4v) is 4.04. The quantitative estimate of drug-likeness (QED) is 0.553. The van der Waals surface area contributed by atoms with E-state index >= 15 is 0 Å². The summed E-state index contributed by atoms with van der Waals surface area (Å²) in [6, 6.07) is 21.7. The van der Waals surface area contributed by atoms with E-state index in [0.29, 0.717) is 29.0 Å². The topological polar surface area (TPSA) is 77.5 Å². The molecule has 0 saturated carbocycles. The molecular weight excluding hydrogens is 422 g/mol. The molecule has 172 valence electrons. The van der Waals surface area contributed by atoms with Crippen molar-refractivity contribution in [2.75, 3.05) is 27.9 Å². The Labute approximate surface area is 193 Å². The third kappa shape index (κ3) is 4.32. The summed E-state index contributed by atoms with van der Waals surface area (Å²) in [6.45, 7) is 0.264. The molecule has 7 nitrogen and oxygen atoms in total. The van der Waals surface area contributed by atoms with Crippen molar-refractivity contribution >= 4 is 6.09 Å². The van der Waals surface area contributed by atoms with Gasteiger partial charge in [0.15, 0.2) is 6.10 Å². The zero-order valence-electron chi connectivity index (χ0n) is 18.9. The van der Waals surface area contributed by atoms with Crippen LogP contribution in [0.3, 0.4) is 0 Å². The van der Waals surface area contributed by atoms with E-state index in [1.807, 2.05) is 24.3 Å². The third-order valence-corrected chi connectivity index (χ3v) is 5.93. The van der Waals surface area contributed by atoms with Crippen molar-refractivity contribution in [3.8, 4) is 17.2 Å². The smallest absolute Gasteiger partial charge is 0.413 e. The highest BCUT2D eigenvalue weighted by Gasteiger charge is 2.55. The van der Waals surface area contributed by atoms with E-state index in [0.717, 1.165) is 11.3 Å². The van der Waals surface area contributed by atoms with Gasteiger partial charge in [0.05, 0.1) is 21.3 Å². The lowest BCUT2D eigenvalue weighted by molar-refractivity contribution is -0.109. The van der Waals surface area contributed by atoms with Crippen LogP contribution in [-0.2, 0) is 16.9 Å². The maximum absolute atomic E-state index is 13.0. The van der Waals surface area contributed by atoms with Gasteiger partial charge >= 0.3 is 6.09 Å². The molecule has 33 heavy (non-hydrogen) atoms. The van der Waals surface area contributed by atoms with E-state index in [1.165, 1.54) is 4.90 Å². The van der Waals surface area contributed by atoms with Crippen molar-refractivity contribution in [1.82, 2.24) is 4.90 Å². The number of hydrogen-bond donors (Lipinski definition) is 1. The molecule has 0 aromatic heterocycles. The molecule has 3 aromatic rings. The maximum atomic E-state index is 13.0. The van der Waals surface area contributed by atoms with Gasteiger partial charge < -0.3 is 24.1 Å². The molecule has 1 heterocycles. The van der Waals surface area contributed by atoms with Crippen molar-refractivity contribution in [1.29, 1.82) is 0 Å². The molecule has 1 fully saturated rings. The van der Waals surface area contributed by atoms with E-state index in [-0.39, 0.29) is 6.54 Å². The Balaban J connectivity index is 1.68. The molecule has 3 aromatic carbocycles. The van der Waals surface area contributed by atoms with Crippen LogP contribution < -0.4 is 14.2 Å². The molecule has 1 amide bonds. The van der Waals surface area contributed by atoms with E-state index in [4.69, 9.17) is 18.9 Å². The standard InChI is InChI=1S/C26H27NO6/c1-30-21-10-4-18(5-11-21)16-17-27-25(28)33-24(19-6-12-22(31-2)13-7-19)26(27,29)20-8-14-23(32-3)15-9-20/h4-15,24,29H,16-17H2,1-3H3/t24-,26+/m1/s1. The Bertz CT molecular complexity index is 1080. The van der Waals surface area contributed by atoms with Crippen molar-refractivity contribution in [2.24, 2.45) is 0 Å². The lowest BCUT2D eigenvalue weighted by atomic mass is 9.91. The summed E-state index contributed by atoms with van der Waals surface area (Å²) in [5, 5.41) is 12.0. The Morgan fingerprint density at radius 2 is 1.30 bits per heavy atom. The highest BCUT2D eigenvalue weighted by molar-refractivity contribution is 5.72. The number of carbonyl (C=O) groups is 1. The number of hydrogen-bond acceptors (Lipinski definition) is 6. The Morgan fingerprint density at radius 1 is 0.818 bits per heavy atom. The number of nitrogens with zero attached hydrogens (tertiary/aromatic N) is 1. The second-order valence-corrected chi connectivity index (χ2v) is 7.74.